The molecule has 0 radical (unpaired) electrons. The van der Waals surface area contributed by atoms with Crippen molar-refractivity contribution in [1.29, 1.82) is 0 Å². The molecule has 0 spiro atoms. The van der Waals surface area contributed by atoms with Gasteiger partial charge in [-0.3, -0.25) is 9.69 Å². The highest BCUT2D eigenvalue weighted by Gasteiger charge is 2.25. The Bertz CT molecular complexity index is 1420. The van der Waals surface area contributed by atoms with Crippen molar-refractivity contribution in [3.05, 3.63) is 66.5 Å². The first-order valence-corrected chi connectivity index (χ1v) is 12.9. The Labute approximate surface area is 223 Å². The fourth-order valence-corrected chi connectivity index (χ4v) is 4.99. The van der Waals surface area contributed by atoms with Gasteiger partial charge >= 0.3 is 0 Å². The summed E-state index contributed by atoms with van der Waals surface area (Å²) in [5, 5.41) is 0.990. The highest BCUT2D eigenvalue weighted by molar-refractivity contribution is 6.00. The molecule has 0 aliphatic carbocycles. The molecule has 0 bridgehead atoms. The van der Waals surface area contributed by atoms with Crippen LogP contribution in [0.2, 0.25) is 0 Å². The standard InChI is InChI=1S/C30H35N5O3/c1-33(2)11-12-34-13-15-35(16-14-34)30(36)25-17-21(9-10-28(25)38-4)22-18-24-26(20-32-29(24)31-19-22)23-7-5-6-8-27(23)37-3/h5-10,17-20H,11-16H2,1-4H3,(H,31,32). The van der Waals surface area contributed by atoms with Gasteiger partial charge in [0.1, 0.15) is 17.1 Å². The van der Waals surface area contributed by atoms with E-state index in [-0.39, 0.29) is 5.91 Å². The number of H-pyrrole nitrogens is 1. The zero-order valence-electron chi connectivity index (χ0n) is 22.5. The van der Waals surface area contributed by atoms with Gasteiger partial charge in [-0.1, -0.05) is 24.3 Å². The first-order chi connectivity index (χ1) is 18.5. The molecular formula is C30H35N5O3. The number of carbonyl (C=O) groups excluding carboxylic acids is 1. The molecular weight excluding hydrogens is 478 g/mol. The van der Waals surface area contributed by atoms with Crippen LogP contribution in [-0.4, -0.2) is 98.2 Å². The lowest BCUT2D eigenvalue weighted by molar-refractivity contribution is 0.0626. The molecule has 1 N–H and O–H groups in total. The average molecular weight is 514 g/mol. The van der Waals surface area contributed by atoms with E-state index < -0.39 is 0 Å². The Balaban J connectivity index is 1.43. The van der Waals surface area contributed by atoms with E-state index in [1.165, 1.54) is 0 Å². The van der Waals surface area contributed by atoms with Crippen LogP contribution >= 0.6 is 0 Å². The maximum atomic E-state index is 13.6. The maximum Gasteiger partial charge on any atom is 0.257 e. The third kappa shape index (κ3) is 5.23. The molecule has 5 rings (SSSR count). The second-order valence-electron chi connectivity index (χ2n) is 9.87. The summed E-state index contributed by atoms with van der Waals surface area (Å²) in [5.41, 5.74) is 5.23. The minimum atomic E-state index is 0.00125. The summed E-state index contributed by atoms with van der Waals surface area (Å²) in [6.07, 6.45) is 3.80. The number of fused-ring (bicyclic) bond motifs is 1. The van der Waals surface area contributed by atoms with E-state index in [0.29, 0.717) is 24.4 Å². The van der Waals surface area contributed by atoms with E-state index in [0.717, 1.165) is 65.2 Å². The van der Waals surface area contributed by atoms with Crippen molar-refractivity contribution in [3.63, 3.8) is 0 Å². The van der Waals surface area contributed by atoms with Crippen LogP contribution in [-0.2, 0) is 0 Å². The van der Waals surface area contributed by atoms with Gasteiger partial charge in [0.2, 0.25) is 0 Å². The molecule has 1 aliphatic heterocycles. The molecule has 0 saturated carbocycles. The van der Waals surface area contributed by atoms with Crippen LogP contribution in [0, 0.1) is 0 Å². The number of methoxy groups -OCH3 is 2. The Kier molecular flexibility index (Phi) is 7.62. The maximum absolute atomic E-state index is 13.6. The number of hydrogen-bond acceptors (Lipinski definition) is 6. The molecule has 198 valence electrons. The molecule has 1 amide bonds. The Hall–Kier alpha value is -3.88. The monoisotopic (exact) mass is 513 g/mol. The fourth-order valence-electron chi connectivity index (χ4n) is 4.99. The lowest BCUT2D eigenvalue weighted by Gasteiger charge is -2.35. The van der Waals surface area contributed by atoms with E-state index in [1.807, 2.05) is 59.8 Å². The second kappa shape index (κ2) is 11.2. The molecule has 1 saturated heterocycles. The fraction of sp³-hybridized carbons (Fsp3) is 0.333. The highest BCUT2D eigenvalue weighted by atomic mass is 16.5. The normalized spacial score (nSPS) is 14.3. The Morgan fingerprint density at radius 3 is 2.45 bits per heavy atom. The lowest BCUT2D eigenvalue weighted by atomic mass is 9.99. The average Bonchev–Trinajstić information content (AvgIpc) is 3.38. The van der Waals surface area contributed by atoms with Crippen molar-refractivity contribution in [3.8, 4) is 33.8 Å². The summed E-state index contributed by atoms with van der Waals surface area (Å²) in [6.45, 7) is 5.20. The molecule has 3 heterocycles. The van der Waals surface area contributed by atoms with Gasteiger partial charge in [0.25, 0.3) is 5.91 Å². The van der Waals surface area contributed by atoms with Gasteiger partial charge in [-0.2, -0.15) is 0 Å². The Morgan fingerprint density at radius 2 is 1.71 bits per heavy atom. The SMILES string of the molecule is COc1ccc(-c2cnc3[nH]cc(-c4ccccc4OC)c3c2)cc1C(=O)N1CCN(CCN(C)C)CC1. The minimum Gasteiger partial charge on any atom is -0.496 e. The molecule has 0 atom stereocenters. The first kappa shape index (κ1) is 25.8. The zero-order valence-corrected chi connectivity index (χ0v) is 22.5. The van der Waals surface area contributed by atoms with Crippen LogP contribution < -0.4 is 9.47 Å². The number of hydrogen-bond donors (Lipinski definition) is 1. The number of ether oxygens (including phenoxy) is 2. The van der Waals surface area contributed by atoms with Crippen molar-refractivity contribution >= 4 is 16.9 Å². The molecule has 4 aromatic rings. The van der Waals surface area contributed by atoms with E-state index in [2.05, 4.69) is 39.9 Å². The van der Waals surface area contributed by atoms with Gasteiger partial charge in [-0.05, 0) is 43.9 Å². The van der Waals surface area contributed by atoms with Gasteiger partial charge in [-0.25, -0.2) is 4.98 Å². The predicted molar refractivity (Wildman–Crippen MR) is 151 cm³/mol. The molecule has 1 fully saturated rings. The minimum absolute atomic E-state index is 0.00125. The van der Waals surface area contributed by atoms with Crippen LogP contribution in [0.15, 0.2) is 60.9 Å². The predicted octanol–water partition coefficient (Wildman–Crippen LogP) is 4.23. The molecule has 2 aromatic carbocycles. The number of amides is 1. The highest BCUT2D eigenvalue weighted by Crippen LogP contribution is 2.36. The van der Waals surface area contributed by atoms with Crippen molar-refractivity contribution in [1.82, 2.24) is 24.7 Å². The molecule has 8 heteroatoms. The summed E-state index contributed by atoms with van der Waals surface area (Å²) < 4.78 is 11.2. The lowest BCUT2D eigenvalue weighted by Crippen LogP contribution is -2.50. The number of nitrogens with one attached hydrogen (secondary N) is 1. The first-order valence-electron chi connectivity index (χ1n) is 12.9. The summed E-state index contributed by atoms with van der Waals surface area (Å²) in [5.74, 6) is 1.39. The quantitative estimate of drug-likeness (QED) is 0.380. The van der Waals surface area contributed by atoms with Crippen LogP contribution in [0.4, 0.5) is 0 Å². The van der Waals surface area contributed by atoms with E-state index in [1.54, 1.807) is 14.2 Å². The number of carbonyl (C=O) groups is 1. The molecule has 38 heavy (non-hydrogen) atoms. The number of para-hydroxylation sites is 1. The topological polar surface area (TPSA) is 73.9 Å². The van der Waals surface area contributed by atoms with Gasteiger partial charge in [0.15, 0.2) is 0 Å². The Morgan fingerprint density at radius 1 is 0.947 bits per heavy atom. The summed E-state index contributed by atoms with van der Waals surface area (Å²) in [6, 6.07) is 15.8. The smallest absolute Gasteiger partial charge is 0.257 e. The van der Waals surface area contributed by atoms with Crippen LogP contribution in [0.1, 0.15) is 10.4 Å². The number of piperazine rings is 1. The van der Waals surface area contributed by atoms with Crippen molar-refractivity contribution in [2.75, 3.05) is 67.6 Å². The number of likely N-dealkylation sites (N-methyl/N-ethyl adjacent to an activating group) is 1. The molecule has 0 unspecified atom stereocenters. The van der Waals surface area contributed by atoms with Crippen molar-refractivity contribution in [2.45, 2.75) is 0 Å². The number of benzene rings is 2. The van der Waals surface area contributed by atoms with Gasteiger partial charge in [0, 0.05) is 73.7 Å². The van der Waals surface area contributed by atoms with Gasteiger partial charge in [-0.15, -0.1) is 0 Å². The van der Waals surface area contributed by atoms with Gasteiger partial charge < -0.3 is 24.3 Å². The number of aromatic nitrogens is 2. The van der Waals surface area contributed by atoms with Crippen molar-refractivity contribution in [2.24, 2.45) is 0 Å². The second-order valence-corrected chi connectivity index (χ2v) is 9.87. The largest absolute Gasteiger partial charge is 0.496 e. The van der Waals surface area contributed by atoms with E-state index in [4.69, 9.17) is 9.47 Å². The van der Waals surface area contributed by atoms with Crippen molar-refractivity contribution < 1.29 is 14.3 Å². The van der Waals surface area contributed by atoms with Crippen LogP contribution in [0.25, 0.3) is 33.3 Å². The van der Waals surface area contributed by atoms with Gasteiger partial charge in [0.05, 0.1) is 19.8 Å². The number of pyridine rings is 1. The van der Waals surface area contributed by atoms with E-state index >= 15 is 0 Å². The number of nitrogens with zero attached hydrogens (tertiary/aromatic N) is 4. The molecule has 2 aromatic heterocycles. The number of aromatic amines is 1. The van der Waals surface area contributed by atoms with E-state index in [9.17, 15) is 4.79 Å². The summed E-state index contributed by atoms with van der Waals surface area (Å²) >= 11 is 0. The number of rotatable bonds is 8. The zero-order chi connectivity index (χ0) is 26.6. The van der Waals surface area contributed by atoms with Crippen LogP contribution in [0.3, 0.4) is 0 Å². The molecule has 8 nitrogen and oxygen atoms in total. The summed E-state index contributed by atoms with van der Waals surface area (Å²) in [7, 11) is 7.46. The summed E-state index contributed by atoms with van der Waals surface area (Å²) in [4.78, 5) is 28.1. The third-order valence-corrected chi connectivity index (χ3v) is 7.21. The third-order valence-electron chi connectivity index (χ3n) is 7.21. The molecule has 1 aliphatic rings. The van der Waals surface area contributed by atoms with Crippen LogP contribution in [0.5, 0.6) is 11.5 Å².